The minimum Gasteiger partial charge on any atom is -0.490 e. The van der Waals surface area contributed by atoms with Gasteiger partial charge >= 0.3 is 0 Å². The molecule has 34 heavy (non-hydrogen) atoms. The lowest BCUT2D eigenvalue weighted by molar-refractivity contribution is 0.104. The van der Waals surface area contributed by atoms with Crippen LogP contribution >= 0.6 is 0 Å². The third-order valence-corrected chi connectivity index (χ3v) is 6.65. The largest absolute Gasteiger partial charge is 0.490 e. The first-order valence-corrected chi connectivity index (χ1v) is 12.4. The third kappa shape index (κ3) is 5.75. The van der Waals surface area contributed by atoms with Crippen molar-refractivity contribution in [1.29, 1.82) is 0 Å². The Morgan fingerprint density at radius 3 is 1.91 bits per heavy atom. The van der Waals surface area contributed by atoms with Crippen LogP contribution in [0.15, 0.2) is 83.7 Å². The van der Waals surface area contributed by atoms with E-state index in [0.29, 0.717) is 24.8 Å². The molecular formula is C30H36N2O2. The molecule has 4 nitrogen and oxygen atoms in total. The van der Waals surface area contributed by atoms with Gasteiger partial charge < -0.3 is 4.74 Å². The van der Waals surface area contributed by atoms with Gasteiger partial charge in [0.25, 0.3) is 0 Å². The summed E-state index contributed by atoms with van der Waals surface area (Å²) < 4.78 is 5.72. The van der Waals surface area contributed by atoms with E-state index in [0.717, 1.165) is 37.3 Å². The van der Waals surface area contributed by atoms with Crippen molar-refractivity contribution < 1.29 is 4.74 Å². The summed E-state index contributed by atoms with van der Waals surface area (Å²) in [4.78, 5) is 18.1. The molecule has 1 saturated heterocycles. The lowest BCUT2D eigenvalue weighted by Crippen LogP contribution is -2.47. The fourth-order valence-corrected chi connectivity index (χ4v) is 4.75. The van der Waals surface area contributed by atoms with Crippen LogP contribution in [0.4, 0.5) is 0 Å². The van der Waals surface area contributed by atoms with Crippen LogP contribution in [-0.4, -0.2) is 42.6 Å². The number of rotatable bonds is 8. The third-order valence-electron chi connectivity index (χ3n) is 6.65. The topological polar surface area (TPSA) is 32.8 Å². The Balaban J connectivity index is 1.51. The normalized spacial score (nSPS) is 15.1. The van der Waals surface area contributed by atoms with Crippen molar-refractivity contribution in [3.8, 4) is 5.75 Å². The van der Waals surface area contributed by atoms with E-state index >= 15 is 0 Å². The van der Waals surface area contributed by atoms with Crippen LogP contribution in [-0.2, 0) is 6.54 Å². The highest BCUT2D eigenvalue weighted by atomic mass is 16.5. The second kappa shape index (κ2) is 11.5. The first kappa shape index (κ1) is 24.2. The summed E-state index contributed by atoms with van der Waals surface area (Å²) in [6.07, 6.45) is 0. The molecule has 4 heteroatoms. The average molecular weight is 457 g/mol. The van der Waals surface area contributed by atoms with E-state index in [4.69, 9.17) is 4.74 Å². The highest BCUT2D eigenvalue weighted by Crippen LogP contribution is 2.29. The van der Waals surface area contributed by atoms with E-state index in [1.54, 1.807) is 0 Å². The highest BCUT2D eigenvalue weighted by Gasteiger charge is 2.26. The van der Waals surface area contributed by atoms with Gasteiger partial charge in [0.05, 0.1) is 12.6 Å². The molecule has 4 rings (SSSR count). The zero-order valence-electron chi connectivity index (χ0n) is 20.6. The van der Waals surface area contributed by atoms with Gasteiger partial charge in [-0.25, -0.2) is 0 Å². The number of hydrogen-bond acceptors (Lipinski definition) is 4. The molecule has 0 unspecified atom stereocenters. The van der Waals surface area contributed by atoms with Crippen LogP contribution in [0, 0.1) is 0 Å². The summed E-state index contributed by atoms with van der Waals surface area (Å²) >= 11 is 0. The highest BCUT2D eigenvalue weighted by molar-refractivity contribution is 5.34. The summed E-state index contributed by atoms with van der Waals surface area (Å²) in [7, 11) is 0. The monoisotopic (exact) mass is 456 g/mol. The van der Waals surface area contributed by atoms with Crippen LogP contribution in [0.1, 0.15) is 55.0 Å². The smallest absolute Gasteiger partial charge is 0.224 e. The van der Waals surface area contributed by atoms with Crippen molar-refractivity contribution in [2.45, 2.75) is 39.3 Å². The van der Waals surface area contributed by atoms with Gasteiger partial charge in [0, 0.05) is 38.3 Å². The van der Waals surface area contributed by atoms with Gasteiger partial charge in [-0.15, -0.1) is 0 Å². The van der Waals surface area contributed by atoms with Crippen LogP contribution in [0.2, 0.25) is 0 Å². The molecule has 0 N–H and O–H groups in total. The molecule has 0 atom stereocenters. The Labute approximate surface area is 203 Å². The molecule has 0 saturated carbocycles. The van der Waals surface area contributed by atoms with E-state index in [-0.39, 0.29) is 11.5 Å². The average Bonchev–Trinajstić information content (AvgIpc) is 3.01. The molecule has 3 aromatic rings. The first-order chi connectivity index (χ1) is 16.6. The maximum Gasteiger partial charge on any atom is 0.224 e. The lowest BCUT2D eigenvalue weighted by atomic mass is 9.96. The minimum atomic E-state index is 0.0163. The van der Waals surface area contributed by atoms with Gasteiger partial charge in [0.15, 0.2) is 5.75 Å². The second-order valence-electron chi connectivity index (χ2n) is 9.32. The van der Waals surface area contributed by atoms with E-state index in [1.165, 1.54) is 11.1 Å². The van der Waals surface area contributed by atoms with Crippen LogP contribution in [0.25, 0.3) is 0 Å². The maximum absolute atomic E-state index is 13.2. The first-order valence-electron chi connectivity index (χ1n) is 12.4. The predicted molar refractivity (Wildman–Crippen MR) is 140 cm³/mol. The van der Waals surface area contributed by atoms with Crippen LogP contribution in [0.5, 0.6) is 5.75 Å². The molecule has 3 aromatic carbocycles. The van der Waals surface area contributed by atoms with Gasteiger partial charge in [0.2, 0.25) is 5.43 Å². The molecule has 1 heterocycles. The van der Waals surface area contributed by atoms with Crippen molar-refractivity contribution in [3.63, 3.8) is 0 Å². The van der Waals surface area contributed by atoms with Gasteiger partial charge in [-0.2, -0.15) is 0 Å². The van der Waals surface area contributed by atoms with E-state index in [9.17, 15) is 4.79 Å². The van der Waals surface area contributed by atoms with E-state index in [1.807, 2.05) is 19.1 Å². The molecule has 0 bridgehead atoms. The minimum absolute atomic E-state index is 0.0163. The fourth-order valence-electron chi connectivity index (χ4n) is 4.75. The molecular weight excluding hydrogens is 420 g/mol. The standard InChI is InChI=1S/C30H36N2O2/c1-4-34-28-21-26(23(2)3)15-16-27(30(28)33)22-31-17-19-32(20-18-31)29(24-11-7-5-8-12-24)25-13-9-6-10-14-25/h5-16,21,23,29H,4,17-20,22H2,1-3H3. The fraction of sp³-hybridized carbons (Fsp3) is 0.367. The zero-order chi connectivity index (χ0) is 23.9. The molecule has 1 aliphatic heterocycles. The SMILES string of the molecule is CCOc1cc(C(C)C)ccc(CN2CCN(C(c3ccccc3)c3ccccc3)CC2)c1=O. The van der Waals surface area contributed by atoms with E-state index < -0.39 is 0 Å². The van der Waals surface area contributed by atoms with Gasteiger partial charge in [-0.3, -0.25) is 14.6 Å². The van der Waals surface area contributed by atoms with E-state index in [2.05, 4.69) is 90.4 Å². The lowest BCUT2D eigenvalue weighted by Gasteiger charge is -2.39. The van der Waals surface area contributed by atoms with Crippen LogP contribution < -0.4 is 10.2 Å². The van der Waals surface area contributed by atoms with Gasteiger partial charge in [-0.1, -0.05) is 86.6 Å². The molecule has 0 amide bonds. The molecule has 0 aliphatic carbocycles. The zero-order valence-corrected chi connectivity index (χ0v) is 20.6. The molecule has 178 valence electrons. The molecule has 0 aromatic heterocycles. The molecule has 1 aliphatic rings. The summed E-state index contributed by atoms with van der Waals surface area (Å²) in [5, 5.41) is 0. The Morgan fingerprint density at radius 2 is 1.38 bits per heavy atom. The number of nitrogens with zero attached hydrogens (tertiary/aromatic N) is 2. The maximum atomic E-state index is 13.2. The van der Waals surface area contributed by atoms with Crippen molar-refractivity contribution in [2.24, 2.45) is 0 Å². The number of ether oxygens (including phenoxy) is 1. The summed E-state index contributed by atoms with van der Waals surface area (Å²) in [6, 6.07) is 27.8. The second-order valence-corrected chi connectivity index (χ2v) is 9.32. The van der Waals surface area contributed by atoms with Crippen molar-refractivity contribution in [1.82, 2.24) is 9.80 Å². The van der Waals surface area contributed by atoms with Crippen molar-refractivity contribution >= 4 is 0 Å². The predicted octanol–water partition coefficient (Wildman–Crippen LogP) is 5.48. The molecule has 0 radical (unpaired) electrons. The molecule has 1 fully saturated rings. The summed E-state index contributed by atoms with van der Waals surface area (Å²) in [5.74, 6) is 0.813. The summed E-state index contributed by atoms with van der Waals surface area (Å²) in [5.41, 5.74) is 4.60. The Hall–Kier alpha value is -2.95. The number of benzene rings is 2. The number of piperazine rings is 1. The summed E-state index contributed by atoms with van der Waals surface area (Å²) in [6.45, 7) is 11.1. The van der Waals surface area contributed by atoms with Crippen LogP contribution in [0.3, 0.4) is 0 Å². The molecule has 0 spiro atoms. The Morgan fingerprint density at radius 1 is 0.794 bits per heavy atom. The van der Waals surface area contributed by atoms with Crippen molar-refractivity contribution in [2.75, 3.05) is 32.8 Å². The number of hydrogen-bond donors (Lipinski definition) is 0. The Kier molecular flexibility index (Phi) is 8.15. The van der Waals surface area contributed by atoms with Gasteiger partial charge in [0.1, 0.15) is 0 Å². The van der Waals surface area contributed by atoms with Gasteiger partial charge in [-0.05, 0) is 35.6 Å². The Bertz CT molecular complexity index is 1070. The van der Waals surface area contributed by atoms with Crippen molar-refractivity contribution in [3.05, 3.63) is 111 Å². The quantitative estimate of drug-likeness (QED) is 0.450.